The number of hydrogen-bond acceptors (Lipinski definition) is 4. The summed E-state index contributed by atoms with van der Waals surface area (Å²) < 4.78 is 1.81. The minimum Gasteiger partial charge on any atom is -0.322 e. The molecule has 2 aromatic carbocycles. The van der Waals surface area contributed by atoms with Crippen molar-refractivity contribution in [1.82, 2.24) is 14.8 Å². The summed E-state index contributed by atoms with van der Waals surface area (Å²) >= 11 is 0. The van der Waals surface area contributed by atoms with Gasteiger partial charge in [0, 0.05) is 40.8 Å². The molecule has 1 N–H and O–H groups in total. The van der Waals surface area contributed by atoms with Crippen molar-refractivity contribution in [2.75, 3.05) is 5.32 Å². The van der Waals surface area contributed by atoms with Crippen LogP contribution in [0.1, 0.15) is 35.3 Å². The number of carbonyl (C=O) groups is 1. The average Bonchev–Trinajstić information content (AvgIpc) is 3.37. The van der Waals surface area contributed by atoms with E-state index in [0.717, 1.165) is 22.6 Å². The summed E-state index contributed by atoms with van der Waals surface area (Å²) in [5, 5.41) is 7.39. The Morgan fingerprint density at radius 2 is 1.71 bits per heavy atom. The van der Waals surface area contributed by atoms with E-state index in [2.05, 4.69) is 41.4 Å². The number of fused-ring (bicyclic) bond motifs is 1. The molecular weight excluding hydrogens is 386 g/mol. The molecule has 0 atom stereocenters. The highest BCUT2D eigenvalue weighted by molar-refractivity contribution is 6.12. The van der Waals surface area contributed by atoms with Crippen LogP contribution >= 0.6 is 0 Å². The van der Waals surface area contributed by atoms with Gasteiger partial charge in [-0.15, -0.1) is 0 Å². The first kappa shape index (κ1) is 18.9. The van der Waals surface area contributed by atoms with Gasteiger partial charge in [0.1, 0.15) is 0 Å². The SMILES string of the molecule is CC1(C)C(c2cnn(-c3ccc(C(=O)Nc4ccncc4)cc3)c2)=Nc2ccccc21. The summed E-state index contributed by atoms with van der Waals surface area (Å²) in [6.45, 7) is 4.37. The predicted molar refractivity (Wildman–Crippen MR) is 121 cm³/mol. The first-order valence-electron chi connectivity index (χ1n) is 10.1. The monoisotopic (exact) mass is 407 g/mol. The molecule has 0 fully saturated rings. The Labute approximate surface area is 180 Å². The van der Waals surface area contributed by atoms with Crippen LogP contribution in [0.3, 0.4) is 0 Å². The Morgan fingerprint density at radius 1 is 0.968 bits per heavy atom. The van der Waals surface area contributed by atoms with E-state index in [1.165, 1.54) is 5.56 Å². The Bertz CT molecular complexity index is 1290. The van der Waals surface area contributed by atoms with E-state index >= 15 is 0 Å². The molecular formula is C25H21N5O. The van der Waals surface area contributed by atoms with Crippen molar-refractivity contribution in [2.24, 2.45) is 4.99 Å². The summed E-state index contributed by atoms with van der Waals surface area (Å²) in [5.41, 5.74) is 6.21. The molecule has 0 unspecified atom stereocenters. The molecule has 0 aliphatic carbocycles. The number of amides is 1. The fraction of sp³-hybridized carbons (Fsp3) is 0.120. The van der Waals surface area contributed by atoms with E-state index in [0.29, 0.717) is 11.3 Å². The molecule has 152 valence electrons. The molecule has 31 heavy (non-hydrogen) atoms. The quantitative estimate of drug-likeness (QED) is 0.521. The van der Waals surface area contributed by atoms with Crippen molar-refractivity contribution < 1.29 is 4.79 Å². The maximum atomic E-state index is 12.4. The van der Waals surface area contributed by atoms with Crippen molar-refractivity contribution >= 4 is 23.0 Å². The lowest BCUT2D eigenvalue weighted by Crippen LogP contribution is -2.26. The zero-order valence-corrected chi connectivity index (χ0v) is 17.3. The average molecular weight is 407 g/mol. The third-order valence-corrected chi connectivity index (χ3v) is 5.59. The van der Waals surface area contributed by atoms with Gasteiger partial charge in [-0.05, 0) is 48.0 Å². The molecule has 5 rings (SSSR count). The molecule has 0 saturated carbocycles. The summed E-state index contributed by atoms with van der Waals surface area (Å²) in [7, 11) is 0. The molecule has 0 radical (unpaired) electrons. The first-order valence-corrected chi connectivity index (χ1v) is 10.1. The first-order chi connectivity index (χ1) is 15.0. The second-order valence-electron chi connectivity index (χ2n) is 8.01. The van der Waals surface area contributed by atoms with Gasteiger partial charge in [-0.2, -0.15) is 5.10 Å². The van der Waals surface area contributed by atoms with Gasteiger partial charge in [0.25, 0.3) is 5.91 Å². The molecule has 6 nitrogen and oxygen atoms in total. The van der Waals surface area contributed by atoms with Gasteiger partial charge in [0.15, 0.2) is 0 Å². The van der Waals surface area contributed by atoms with Crippen LogP contribution in [-0.4, -0.2) is 26.4 Å². The van der Waals surface area contributed by atoms with E-state index in [1.807, 2.05) is 41.3 Å². The summed E-state index contributed by atoms with van der Waals surface area (Å²) in [6, 6.07) is 19.1. The number of aliphatic imine (C=N–C) groups is 1. The number of carbonyl (C=O) groups excluding carboxylic acids is 1. The van der Waals surface area contributed by atoms with Gasteiger partial charge in [-0.1, -0.05) is 32.0 Å². The van der Waals surface area contributed by atoms with Crippen LogP contribution in [0.25, 0.3) is 5.69 Å². The highest BCUT2D eigenvalue weighted by Gasteiger charge is 2.36. The number of para-hydroxylation sites is 1. The van der Waals surface area contributed by atoms with Crippen LogP contribution in [0, 0.1) is 0 Å². The van der Waals surface area contributed by atoms with E-state index in [1.54, 1.807) is 36.7 Å². The van der Waals surface area contributed by atoms with Crippen LogP contribution in [0.2, 0.25) is 0 Å². The van der Waals surface area contributed by atoms with Gasteiger partial charge < -0.3 is 5.32 Å². The third-order valence-electron chi connectivity index (χ3n) is 5.59. The molecule has 0 bridgehead atoms. The number of nitrogens with one attached hydrogen (secondary N) is 1. The Hall–Kier alpha value is -4.06. The van der Waals surface area contributed by atoms with Crippen LogP contribution in [0.5, 0.6) is 0 Å². The minimum absolute atomic E-state index is 0.168. The molecule has 6 heteroatoms. The second-order valence-corrected chi connectivity index (χ2v) is 8.01. The Morgan fingerprint density at radius 3 is 2.45 bits per heavy atom. The normalized spacial score (nSPS) is 14.1. The van der Waals surface area contributed by atoms with Gasteiger partial charge in [-0.3, -0.25) is 14.8 Å². The highest BCUT2D eigenvalue weighted by Crippen LogP contribution is 2.41. The van der Waals surface area contributed by atoms with Gasteiger partial charge >= 0.3 is 0 Å². The second kappa shape index (κ2) is 7.32. The lowest BCUT2D eigenvalue weighted by Gasteiger charge is -2.21. The Balaban J connectivity index is 1.37. The molecule has 2 aromatic heterocycles. The number of benzene rings is 2. The van der Waals surface area contributed by atoms with Crippen molar-refractivity contribution in [3.63, 3.8) is 0 Å². The molecule has 1 aliphatic rings. The van der Waals surface area contributed by atoms with Crippen LogP contribution in [0.4, 0.5) is 11.4 Å². The van der Waals surface area contributed by atoms with Crippen LogP contribution in [-0.2, 0) is 5.41 Å². The standard InChI is InChI=1S/C25H21N5O/c1-25(2)21-5-3-4-6-22(21)29-23(25)18-15-27-30(16-18)20-9-7-17(8-10-20)24(31)28-19-11-13-26-14-12-19/h3-16H,1-2H3,(H,26,28,31). The number of anilines is 1. The third kappa shape index (κ3) is 3.42. The van der Waals surface area contributed by atoms with E-state index in [9.17, 15) is 4.79 Å². The number of nitrogens with zero attached hydrogens (tertiary/aromatic N) is 4. The molecule has 3 heterocycles. The molecule has 1 amide bonds. The van der Waals surface area contributed by atoms with Crippen molar-refractivity contribution in [3.05, 3.63) is 102 Å². The minimum atomic E-state index is -0.181. The summed E-state index contributed by atoms with van der Waals surface area (Å²) in [6.07, 6.45) is 7.11. The smallest absolute Gasteiger partial charge is 0.255 e. The number of hydrogen-bond donors (Lipinski definition) is 1. The number of pyridine rings is 1. The summed E-state index contributed by atoms with van der Waals surface area (Å²) in [5.74, 6) is -0.168. The molecule has 1 aliphatic heterocycles. The lowest BCUT2D eigenvalue weighted by molar-refractivity contribution is 0.102. The zero-order chi connectivity index (χ0) is 21.4. The molecule has 0 spiro atoms. The van der Waals surface area contributed by atoms with Gasteiger partial charge in [-0.25, -0.2) is 4.68 Å². The van der Waals surface area contributed by atoms with Crippen LogP contribution in [0.15, 0.2) is 90.4 Å². The predicted octanol–water partition coefficient (Wildman–Crippen LogP) is 4.93. The molecule has 0 saturated heterocycles. The highest BCUT2D eigenvalue weighted by atomic mass is 16.1. The fourth-order valence-electron chi connectivity index (χ4n) is 3.90. The summed E-state index contributed by atoms with van der Waals surface area (Å²) in [4.78, 5) is 21.3. The zero-order valence-electron chi connectivity index (χ0n) is 17.3. The lowest BCUT2D eigenvalue weighted by atomic mass is 9.80. The maximum absolute atomic E-state index is 12.4. The number of aromatic nitrogens is 3. The Kier molecular flexibility index (Phi) is 4.47. The number of rotatable bonds is 4. The molecule has 4 aromatic rings. The maximum Gasteiger partial charge on any atom is 0.255 e. The largest absolute Gasteiger partial charge is 0.322 e. The van der Waals surface area contributed by atoms with Crippen molar-refractivity contribution in [3.8, 4) is 5.69 Å². The van der Waals surface area contributed by atoms with Crippen molar-refractivity contribution in [1.29, 1.82) is 0 Å². The van der Waals surface area contributed by atoms with Crippen LogP contribution < -0.4 is 5.32 Å². The van der Waals surface area contributed by atoms with E-state index in [-0.39, 0.29) is 11.3 Å². The van der Waals surface area contributed by atoms with E-state index in [4.69, 9.17) is 4.99 Å². The van der Waals surface area contributed by atoms with E-state index < -0.39 is 0 Å². The fourth-order valence-corrected chi connectivity index (χ4v) is 3.90. The van der Waals surface area contributed by atoms with Gasteiger partial charge in [0.2, 0.25) is 0 Å². The topological polar surface area (TPSA) is 72.2 Å². The van der Waals surface area contributed by atoms with Crippen molar-refractivity contribution in [2.45, 2.75) is 19.3 Å². The van der Waals surface area contributed by atoms with Gasteiger partial charge in [0.05, 0.1) is 23.3 Å².